The van der Waals surface area contributed by atoms with Crippen molar-refractivity contribution >= 4 is 17.4 Å². The van der Waals surface area contributed by atoms with Crippen molar-refractivity contribution in [3.05, 3.63) is 42.0 Å². The smallest absolute Gasteiger partial charge is 0.290 e. The number of methoxy groups -OCH3 is 3. The number of hydrogen-bond acceptors (Lipinski definition) is 7. The van der Waals surface area contributed by atoms with Crippen LogP contribution >= 0.6 is 0 Å². The molecule has 1 N–H and O–H groups in total. The number of hydrogen-bond donors (Lipinski definition) is 1. The molecule has 0 aliphatic carbocycles. The molecule has 1 saturated heterocycles. The maximum atomic E-state index is 8.36. The molecule has 8 nitrogen and oxygen atoms in total. The van der Waals surface area contributed by atoms with E-state index in [0.717, 1.165) is 52.9 Å². The van der Waals surface area contributed by atoms with Gasteiger partial charge in [-0.25, -0.2) is 4.98 Å². The van der Waals surface area contributed by atoms with Gasteiger partial charge in [0, 0.05) is 17.6 Å². The summed E-state index contributed by atoms with van der Waals surface area (Å²) in [5.41, 5.74) is 3.54. The second-order valence-corrected chi connectivity index (χ2v) is 7.41. The lowest BCUT2D eigenvalue weighted by molar-refractivity contribution is -0.122. The number of benzene rings is 2. The van der Waals surface area contributed by atoms with Crippen LogP contribution in [0, 0.1) is 6.92 Å². The molecule has 4 rings (SSSR count). The molecule has 2 aromatic carbocycles. The summed E-state index contributed by atoms with van der Waals surface area (Å²) in [7, 11) is 4.82. The zero-order chi connectivity index (χ0) is 23.8. The highest BCUT2D eigenvalue weighted by atomic mass is 16.5. The third-order valence-electron chi connectivity index (χ3n) is 5.44. The van der Waals surface area contributed by atoms with Crippen molar-refractivity contribution in [1.82, 2.24) is 4.98 Å². The molecule has 8 heteroatoms. The topological polar surface area (TPSA) is 96.3 Å². The van der Waals surface area contributed by atoms with Gasteiger partial charge in [-0.05, 0) is 49.6 Å². The maximum Gasteiger partial charge on any atom is 0.290 e. The summed E-state index contributed by atoms with van der Waals surface area (Å²) in [5, 5.41) is 7.95. The Hall–Kier alpha value is -3.52. The van der Waals surface area contributed by atoms with Crippen molar-refractivity contribution in [1.29, 1.82) is 0 Å². The number of pyridine rings is 1. The van der Waals surface area contributed by atoms with Gasteiger partial charge in [0.2, 0.25) is 5.75 Å². The number of fused-ring (bicyclic) bond motifs is 1. The Bertz CT molecular complexity index is 1090. The first-order chi connectivity index (χ1) is 16.1. The van der Waals surface area contributed by atoms with Crippen molar-refractivity contribution in [2.75, 3.05) is 34.5 Å². The van der Waals surface area contributed by atoms with Gasteiger partial charge in [0.1, 0.15) is 17.9 Å². The van der Waals surface area contributed by atoms with Crippen LogP contribution in [0.1, 0.15) is 18.4 Å². The minimum Gasteiger partial charge on any atom is -0.493 e. The monoisotopic (exact) mass is 455 g/mol. The van der Waals surface area contributed by atoms with Crippen LogP contribution in [0.3, 0.4) is 0 Å². The minimum atomic E-state index is -0.250. The van der Waals surface area contributed by atoms with Gasteiger partial charge in [-0.1, -0.05) is 12.1 Å². The number of rotatable bonds is 7. The zero-order valence-electron chi connectivity index (χ0n) is 19.3. The average Bonchev–Trinajstić information content (AvgIpc) is 3.36. The van der Waals surface area contributed by atoms with E-state index >= 15 is 0 Å². The molecule has 1 aliphatic heterocycles. The van der Waals surface area contributed by atoms with E-state index in [1.54, 1.807) is 21.3 Å². The van der Waals surface area contributed by atoms with Crippen LogP contribution < -0.4 is 18.9 Å². The molecule has 0 spiro atoms. The van der Waals surface area contributed by atoms with Crippen LogP contribution in [0.5, 0.6) is 23.0 Å². The molecule has 0 bridgehead atoms. The average molecular weight is 456 g/mol. The van der Waals surface area contributed by atoms with Crippen molar-refractivity contribution in [3.63, 3.8) is 0 Å². The number of carboxylic acid groups (broad SMARTS) is 1. The molecule has 1 fully saturated rings. The highest BCUT2D eigenvalue weighted by Crippen LogP contribution is 2.44. The van der Waals surface area contributed by atoms with Gasteiger partial charge >= 0.3 is 0 Å². The number of nitrogens with zero attached hydrogens (tertiary/aromatic N) is 1. The van der Waals surface area contributed by atoms with Gasteiger partial charge in [0.15, 0.2) is 11.5 Å². The van der Waals surface area contributed by atoms with Crippen molar-refractivity contribution in [2.24, 2.45) is 0 Å². The summed E-state index contributed by atoms with van der Waals surface area (Å²) in [6, 6.07) is 11.9. The normalized spacial score (nSPS) is 14.8. The van der Waals surface area contributed by atoms with E-state index in [1.807, 2.05) is 24.3 Å². The lowest BCUT2D eigenvalue weighted by atomic mass is 10.0. The van der Waals surface area contributed by atoms with Crippen LogP contribution in [-0.2, 0) is 9.53 Å². The zero-order valence-corrected chi connectivity index (χ0v) is 19.3. The number of carbonyl (C=O) groups is 1. The van der Waals surface area contributed by atoms with Crippen LogP contribution in [0.4, 0.5) is 0 Å². The van der Waals surface area contributed by atoms with E-state index in [0.29, 0.717) is 23.9 Å². The third kappa shape index (κ3) is 5.28. The molecule has 1 atom stereocenters. The molecule has 0 saturated carbocycles. The van der Waals surface area contributed by atoms with Crippen molar-refractivity contribution < 1.29 is 33.6 Å². The van der Waals surface area contributed by atoms with Gasteiger partial charge in [-0.2, -0.15) is 0 Å². The maximum absolute atomic E-state index is 8.36. The molecular weight excluding hydrogens is 426 g/mol. The first-order valence-electron chi connectivity index (χ1n) is 10.6. The quantitative estimate of drug-likeness (QED) is 0.521. The Labute approximate surface area is 193 Å². The predicted octanol–water partition coefficient (Wildman–Crippen LogP) is 4.49. The second kappa shape index (κ2) is 11.4. The first kappa shape index (κ1) is 24.1. The molecule has 1 unspecified atom stereocenters. The number of para-hydroxylation sites is 1. The Balaban J connectivity index is 0.000000968. The highest BCUT2D eigenvalue weighted by molar-refractivity contribution is 5.90. The summed E-state index contributed by atoms with van der Waals surface area (Å²) in [6.45, 7) is 3.17. The van der Waals surface area contributed by atoms with E-state index in [2.05, 4.69) is 19.1 Å². The SMILES string of the molecule is COc1ccc(-c2cc(C)c3cccc(OCC4CCCO4)c3n2)c(OC)c1OC.O=CO. The Kier molecular flexibility index (Phi) is 8.32. The summed E-state index contributed by atoms with van der Waals surface area (Å²) in [6.07, 6.45) is 2.27. The van der Waals surface area contributed by atoms with Gasteiger partial charge in [0.05, 0.1) is 33.1 Å². The minimum absolute atomic E-state index is 0.149. The number of aromatic nitrogens is 1. The van der Waals surface area contributed by atoms with Crippen LogP contribution in [0.15, 0.2) is 36.4 Å². The number of ether oxygens (including phenoxy) is 5. The fraction of sp³-hybridized carbons (Fsp3) is 0.360. The molecular formula is C25H29NO7. The van der Waals surface area contributed by atoms with E-state index < -0.39 is 0 Å². The van der Waals surface area contributed by atoms with E-state index in [-0.39, 0.29) is 12.6 Å². The predicted molar refractivity (Wildman–Crippen MR) is 125 cm³/mol. The molecule has 33 heavy (non-hydrogen) atoms. The van der Waals surface area contributed by atoms with Crippen molar-refractivity contribution in [3.8, 4) is 34.3 Å². The Morgan fingerprint density at radius 3 is 2.48 bits per heavy atom. The van der Waals surface area contributed by atoms with Gasteiger partial charge < -0.3 is 28.8 Å². The summed E-state index contributed by atoms with van der Waals surface area (Å²) >= 11 is 0. The molecule has 1 aromatic heterocycles. The van der Waals surface area contributed by atoms with Crippen LogP contribution in [-0.4, -0.2) is 57.2 Å². The van der Waals surface area contributed by atoms with Gasteiger partial charge in [-0.15, -0.1) is 0 Å². The van der Waals surface area contributed by atoms with Crippen LogP contribution in [0.25, 0.3) is 22.2 Å². The standard InChI is InChI=1S/C24H27NO5.CH2O2/c1-15-13-19(18-10-11-21(26-2)24(28-4)23(18)27-3)25-22-17(15)8-5-9-20(22)30-14-16-7-6-12-29-16;2-1-3/h5,8-11,13,16H,6-7,12,14H2,1-4H3;1H,(H,2,3). The van der Waals surface area contributed by atoms with Crippen molar-refractivity contribution in [2.45, 2.75) is 25.9 Å². The van der Waals surface area contributed by atoms with Gasteiger partial charge in [0.25, 0.3) is 6.47 Å². The fourth-order valence-corrected chi connectivity index (χ4v) is 3.91. The molecule has 176 valence electrons. The van der Waals surface area contributed by atoms with E-state index in [1.165, 1.54) is 0 Å². The first-order valence-corrected chi connectivity index (χ1v) is 10.6. The molecule has 2 heterocycles. The summed E-state index contributed by atoms with van der Waals surface area (Å²) < 4.78 is 28.4. The molecule has 1 aliphatic rings. The number of aryl methyl sites for hydroxylation is 1. The lowest BCUT2D eigenvalue weighted by Gasteiger charge is -2.17. The largest absolute Gasteiger partial charge is 0.493 e. The fourth-order valence-electron chi connectivity index (χ4n) is 3.91. The summed E-state index contributed by atoms with van der Waals surface area (Å²) in [4.78, 5) is 13.3. The Morgan fingerprint density at radius 2 is 1.85 bits per heavy atom. The lowest BCUT2D eigenvalue weighted by Crippen LogP contribution is -2.16. The van der Waals surface area contributed by atoms with E-state index in [9.17, 15) is 0 Å². The molecule has 0 amide bonds. The highest BCUT2D eigenvalue weighted by Gasteiger charge is 2.20. The Morgan fingerprint density at radius 1 is 1.09 bits per heavy atom. The molecule has 0 radical (unpaired) electrons. The molecule has 3 aromatic rings. The van der Waals surface area contributed by atoms with Crippen LogP contribution in [0.2, 0.25) is 0 Å². The second-order valence-electron chi connectivity index (χ2n) is 7.41. The summed E-state index contributed by atoms with van der Waals surface area (Å²) in [5.74, 6) is 2.49. The van der Waals surface area contributed by atoms with Gasteiger partial charge in [-0.3, -0.25) is 4.79 Å². The van der Waals surface area contributed by atoms with E-state index in [4.69, 9.17) is 38.6 Å². The third-order valence-corrected chi connectivity index (χ3v) is 5.44.